The first-order valence-electron chi connectivity index (χ1n) is 12.6. The average Bonchev–Trinajstić information content (AvgIpc) is 3.34. The topological polar surface area (TPSA) is 91.7 Å². The molecule has 2 unspecified atom stereocenters. The van der Waals surface area contributed by atoms with Gasteiger partial charge in [-0.2, -0.15) is 0 Å². The second kappa shape index (κ2) is 13.4. The van der Waals surface area contributed by atoms with Crippen molar-refractivity contribution in [1.29, 1.82) is 0 Å². The molecule has 1 aliphatic rings. The molecule has 0 amide bonds. The SMILES string of the molecule is Cc1cccc(C(C)C(=O)/C=C/C2CCC[C@@H]2CC(=O)O)c1.O=C(O)c1ccc(-c2ccccc2)cc1. The molecule has 0 radical (unpaired) electrons. The van der Waals surface area contributed by atoms with Crippen molar-refractivity contribution in [1.82, 2.24) is 0 Å². The monoisotopic (exact) mass is 498 g/mol. The van der Waals surface area contributed by atoms with Crippen LogP contribution in [0.1, 0.15) is 60.0 Å². The Morgan fingerprint density at radius 1 is 0.892 bits per heavy atom. The van der Waals surface area contributed by atoms with E-state index < -0.39 is 11.9 Å². The summed E-state index contributed by atoms with van der Waals surface area (Å²) in [5, 5.41) is 17.7. The molecule has 3 aromatic carbocycles. The molecule has 1 fully saturated rings. The minimum absolute atomic E-state index is 0.0894. The predicted molar refractivity (Wildman–Crippen MR) is 146 cm³/mol. The number of carboxylic acid groups (broad SMARTS) is 2. The Balaban J connectivity index is 0.000000220. The van der Waals surface area contributed by atoms with Gasteiger partial charge >= 0.3 is 11.9 Å². The number of carbonyl (C=O) groups is 3. The van der Waals surface area contributed by atoms with Gasteiger partial charge in [-0.1, -0.05) is 91.7 Å². The number of carboxylic acids is 2. The number of rotatable bonds is 8. The molecule has 0 heterocycles. The fourth-order valence-electron chi connectivity index (χ4n) is 4.70. The van der Waals surface area contributed by atoms with Crippen LogP contribution in [0.15, 0.2) is 91.0 Å². The van der Waals surface area contributed by atoms with Gasteiger partial charge in [-0.3, -0.25) is 9.59 Å². The summed E-state index contributed by atoms with van der Waals surface area (Å²) < 4.78 is 0. The van der Waals surface area contributed by atoms with Crippen molar-refractivity contribution in [3.05, 3.63) is 108 Å². The summed E-state index contributed by atoms with van der Waals surface area (Å²) in [4.78, 5) is 33.9. The maximum Gasteiger partial charge on any atom is 0.335 e. The van der Waals surface area contributed by atoms with Crippen LogP contribution in [0.3, 0.4) is 0 Å². The number of benzene rings is 3. The third kappa shape index (κ3) is 8.28. The molecule has 5 nitrogen and oxygen atoms in total. The van der Waals surface area contributed by atoms with Crippen LogP contribution in [0, 0.1) is 18.8 Å². The van der Waals surface area contributed by atoms with E-state index in [1.165, 1.54) is 0 Å². The van der Waals surface area contributed by atoms with Gasteiger partial charge in [-0.25, -0.2) is 4.79 Å². The second-order valence-corrected chi connectivity index (χ2v) is 9.60. The van der Waals surface area contributed by atoms with Gasteiger partial charge in [0.05, 0.1) is 5.56 Å². The molecule has 37 heavy (non-hydrogen) atoms. The van der Waals surface area contributed by atoms with E-state index in [9.17, 15) is 14.4 Å². The van der Waals surface area contributed by atoms with E-state index in [0.717, 1.165) is 41.5 Å². The molecule has 0 spiro atoms. The minimum atomic E-state index is -0.894. The predicted octanol–water partition coefficient (Wildman–Crippen LogP) is 7.17. The highest BCUT2D eigenvalue weighted by molar-refractivity contribution is 5.95. The van der Waals surface area contributed by atoms with Crippen molar-refractivity contribution in [2.45, 2.75) is 45.4 Å². The van der Waals surface area contributed by atoms with Gasteiger partial charge in [0.1, 0.15) is 0 Å². The van der Waals surface area contributed by atoms with E-state index in [1.54, 1.807) is 18.2 Å². The highest BCUT2D eigenvalue weighted by Crippen LogP contribution is 2.35. The summed E-state index contributed by atoms with van der Waals surface area (Å²) in [6.45, 7) is 3.94. The molecule has 4 rings (SSSR count). The first-order valence-corrected chi connectivity index (χ1v) is 12.6. The average molecular weight is 499 g/mol. The normalized spacial score (nSPS) is 17.6. The van der Waals surface area contributed by atoms with Crippen molar-refractivity contribution in [2.75, 3.05) is 0 Å². The van der Waals surface area contributed by atoms with E-state index in [0.29, 0.717) is 5.56 Å². The lowest BCUT2D eigenvalue weighted by molar-refractivity contribution is -0.138. The van der Waals surface area contributed by atoms with Crippen LogP contribution in [0.25, 0.3) is 11.1 Å². The lowest BCUT2D eigenvalue weighted by atomic mass is 9.90. The lowest BCUT2D eigenvalue weighted by Crippen LogP contribution is -2.12. The Labute approximate surface area is 218 Å². The van der Waals surface area contributed by atoms with E-state index in [1.807, 2.05) is 86.7 Å². The molecular weight excluding hydrogens is 464 g/mol. The van der Waals surface area contributed by atoms with Crippen molar-refractivity contribution in [3.8, 4) is 11.1 Å². The van der Waals surface area contributed by atoms with Gasteiger partial charge in [0.25, 0.3) is 0 Å². The third-order valence-electron chi connectivity index (χ3n) is 6.87. The zero-order valence-corrected chi connectivity index (χ0v) is 21.3. The first kappa shape index (κ1) is 27.6. The standard InChI is InChI=1S/C19H24O3.C13H10O2/c1-13-5-3-7-16(11-13)14(2)18(20)10-9-15-6-4-8-17(15)12-19(21)22;14-13(15)12-8-6-11(7-9-12)10-4-2-1-3-5-10/h3,5,7,9-11,14-15,17H,4,6,8,12H2,1-2H3,(H,21,22);1-9H,(H,14,15)/b10-9+;/t14?,15?,17-;/m1./s1. The summed E-state index contributed by atoms with van der Waals surface area (Å²) in [6, 6.07) is 24.7. The van der Waals surface area contributed by atoms with Crippen molar-refractivity contribution in [2.24, 2.45) is 11.8 Å². The molecule has 0 saturated heterocycles. The van der Waals surface area contributed by atoms with Gasteiger partial charge in [-0.05, 0) is 66.5 Å². The molecule has 1 aliphatic carbocycles. The number of allylic oxidation sites excluding steroid dienone is 2. The zero-order valence-electron chi connectivity index (χ0n) is 21.3. The highest BCUT2D eigenvalue weighted by Gasteiger charge is 2.27. The van der Waals surface area contributed by atoms with Crippen LogP contribution >= 0.6 is 0 Å². The van der Waals surface area contributed by atoms with Crippen molar-refractivity contribution < 1.29 is 24.6 Å². The number of ketones is 1. The van der Waals surface area contributed by atoms with Gasteiger partial charge in [0.15, 0.2) is 5.78 Å². The zero-order chi connectivity index (χ0) is 26.8. The number of carbonyl (C=O) groups excluding carboxylic acids is 1. The first-order chi connectivity index (χ1) is 17.7. The number of hydrogen-bond donors (Lipinski definition) is 2. The Morgan fingerprint density at radius 3 is 2.19 bits per heavy atom. The van der Waals surface area contributed by atoms with Gasteiger partial charge < -0.3 is 10.2 Å². The van der Waals surface area contributed by atoms with Crippen molar-refractivity contribution >= 4 is 17.7 Å². The summed E-state index contributed by atoms with van der Waals surface area (Å²) >= 11 is 0. The molecule has 3 atom stereocenters. The molecule has 2 N–H and O–H groups in total. The number of hydrogen-bond acceptors (Lipinski definition) is 3. The molecule has 3 aromatic rings. The van der Waals surface area contributed by atoms with E-state index in [-0.39, 0.29) is 30.0 Å². The largest absolute Gasteiger partial charge is 0.481 e. The maximum absolute atomic E-state index is 12.3. The van der Waals surface area contributed by atoms with Crippen LogP contribution in [-0.2, 0) is 9.59 Å². The van der Waals surface area contributed by atoms with Crippen LogP contribution in [0.4, 0.5) is 0 Å². The fourth-order valence-corrected chi connectivity index (χ4v) is 4.70. The summed E-state index contributed by atoms with van der Waals surface area (Å²) in [6.07, 6.45) is 6.79. The summed E-state index contributed by atoms with van der Waals surface area (Å²) in [5.41, 5.74) is 4.62. The van der Waals surface area contributed by atoms with E-state index >= 15 is 0 Å². The molecule has 192 valence electrons. The molecule has 5 heteroatoms. The maximum atomic E-state index is 12.3. The minimum Gasteiger partial charge on any atom is -0.481 e. The second-order valence-electron chi connectivity index (χ2n) is 9.60. The molecule has 0 bridgehead atoms. The Morgan fingerprint density at radius 2 is 1.57 bits per heavy atom. The number of aliphatic carboxylic acids is 1. The van der Waals surface area contributed by atoms with Crippen LogP contribution in [-0.4, -0.2) is 27.9 Å². The molecule has 0 aromatic heterocycles. The van der Waals surface area contributed by atoms with Crippen LogP contribution < -0.4 is 0 Å². The Kier molecular flexibility index (Phi) is 9.96. The Hall–Kier alpha value is -3.99. The van der Waals surface area contributed by atoms with Gasteiger partial charge in [0.2, 0.25) is 0 Å². The number of aryl methyl sites for hydroxylation is 1. The van der Waals surface area contributed by atoms with E-state index in [4.69, 9.17) is 10.2 Å². The fraction of sp³-hybridized carbons (Fsp3) is 0.281. The summed E-state index contributed by atoms with van der Waals surface area (Å²) in [5.74, 6) is -1.30. The Bertz CT molecular complexity index is 1230. The quantitative estimate of drug-likeness (QED) is 0.321. The van der Waals surface area contributed by atoms with E-state index in [2.05, 4.69) is 0 Å². The molecule has 1 saturated carbocycles. The highest BCUT2D eigenvalue weighted by atomic mass is 16.4. The number of aromatic carboxylic acids is 1. The lowest BCUT2D eigenvalue weighted by Gasteiger charge is -2.14. The van der Waals surface area contributed by atoms with Crippen molar-refractivity contribution in [3.63, 3.8) is 0 Å². The smallest absolute Gasteiger partial charge is 0.335 e. The molecule has 0 aliphatic heterocycles. The van der Waals surface area contributed by atoms with Gasteiger partial charge in [-0.15, -0.1) is 0 Å². The third-order valence-corrected chi connectivity index (χ3v) is 6.87. The van der Waals surface area contributed by atoms with Gasteiger partial charge in [0, 0.05) is 12.3 Å². The van der Waals surface area contributed by atoms with Crippen LogP contribution in [0.5, 0.6) is 0 Å². The van der Waals surface area contributed by atoms with Crippen LogP contribution in [0.2, 0.25) is 0 Å². The molecular formula is C32H34O5. The summed E-state index contributed by atoms with van der Waals surface area (Å²) in [7, 11) is 0.